The predicted octanol–water partition coefficient (Wildman–Crippen LogP) is 11.2. The van der Waals surface area contributed by atoms with Gasteiger partial charge in [0.05, 0.1) is 11.0 Å². The van der Waals surface area contributed by atoms with Crippen molar-refractivity contribution in [1.82, 2.24) is 19.5 Å². The van der Waals surface area contributed by atoms with Gasteiger partial charge >= 0.3 is 0 Å². The smallest absolute Gasteiger partial charge is 0.238 e. The molecular weight excluding hydrogens is 589 g/mol. The fourth-order valence-electron chi connectivity index (χ4n) is 6.84. The van der Waals surface area contributed by atoms with E-state index in [4.69, 9.17) is 19.4 Å². The molecule has 0 saturated heterocycles. The van der Waals surface area contributed by atoms with E-state index in [1.165, 1.54) is 18.4 Å². The lowest BCUT2D eigenvalue weighted by atomic mass is 10.0. The fraction of sp³-hybridized carbons (Fsp3) is 0.0930. The van der Waals surface area contributed by atoms with Crippen LogP contribution in [0.15, 0.2) is 144 Å². The van der Waals surface area contributed by atoms with Crippen LogP contribution in [0.1, 0.15) is 25.3 Å². The van der Waals surface area contributed by atoms with E-state index in [0.717, 1.165) is 72.4 Å². The standard InChI is InChI=1S/C43H32N4O/c1-2-3-12-28-21-23-30(24-22-28)42-44-41(29-13-5-4-6-14-29)45-43(46-42)47-37-19-9-7-15-33(37)36-27-31(25-26-38(36)47)32-17-11-18-35-34-16-8-10-20-39(34)48-40(32)35/h4-11,13-27H,2-3,12H2,1H3. The molecule has 5 nitrogen and oxygen atoms in total. The molecule has 0 radical (unpaired) electrons. The molecule has 3 aromatic heterocycles. The molecule has 48 heavy (non-hydrogen) atoms. The summed E-state index contributed by atoms with van der Waals surface area (Å²) in [6, 6.07) is 48.5. The number of fused-ring (bicyclic) bond motifs is 6. The Kier molecular flexibility index (Phi) is 6.82. The Bertz CT molecular complexity index is 2600. The van der Waals surface area contributed by atoms with Gasteiger partial charge < -0.3 is 4.42 Å². The van der Waals surface area contributed by atoms with Crippen molar-refractivity contribution in [2.75, 3.05) is 0 Å². The first-order chi connectivity index (χ1) is 23.7. The highest BCUT2D eigenvalue weighted by atomic mass is 16.3. The number of rotatable bonds is 7. The van der Waals surface area contributed by atoms with Crippen molar-refractivity contribution in [2.45, 2.75) is 26.2 Å². The molecule has 0 N–H and O–H groups in total. The van der Waals surface area contributed by atoms with Gasteiger partial charge in [0.1, 0.15) is 11.2 Å². The first kappa shape index (κ1) is 28.2. The van der Waals surface area contributed by atoms with E-state index in [2.05, 4.69) is 109 Å². The second-order valence-corrected chi connectivity index (χ2v) is 12.3. The van der Waals surface area contributed by atoms with E-state index in [0.29, 0.717) is 17.6 Å². The van der Waals surface area contributed by atoms with Gasteiger partial charge in [-0.2, -0.15) is 9.97 Å². The normalized spacial score (nSPS) is 11.7. The van der Waals surface area contributed by atoms with Crippen LogP contribution in [0.3, 0.4) is 0 Å². The lowest BCUT2D eigenvalue weighted by Gasteiger charge is -2.11. The van der Waals surface area contributed by atoms with E-state index in [9.17, 15) is 0 Å². The van der Waals surface area contributed by atoms with E-state index in [1.807, 2.05) is 42.5 Å². The number of aromatic nitrogens is 4. The first-order valence-corrected chi connectivity index (χ1v) is 16.6. The third-order valence-electron chi connectivity index (χ3n) is 9.27. The highest BCUT2D eigenvalue weighted by molar-refractivity contribution is 6.13. The Morgan fingerprint density at radius 1 is 0.542 bits per heavy atom. The monoisotopic (exact) mass is 620 g/mol. The molecule has 230 valence electrons. The summed E-state index contributed by atoms with van der Waals surface area (Å²) in [5.41, 5.74) is 9.28. The average Bonchev–Trinajstić information content (AvgIpc) is 3.70. The zero-order chi connectivity index (χ0) is 32.0. The van der Waals surface area contributed by atoms with Crippen LogP contribution in [0.2, 0.25) is 0 Å². The second kappa shape index (κ2) is 11.6. The summed E-state index contributed by atoms with van der Waals surface area (Å²) in [5.74, 6) is 1.89. The summed E-state index contributed by atoms with van der Waals surface area (Å²) in [7, 11) is 0. The molecule has 9 aromatic rings. The van der Waals surface area contributed by atoms with Crippen molar-refractivity contribution in [3.05, 3.63) is 145 Å². The molecule has 0 unspecified atom stereocenters. The lowest BCUT2D eigenvalue weighted by Crippen LogP contribution is -2.06. The van der Waals surface area contributed by atoms with Crippen molar-refractivity contribution in [3.8, 4) is 39.9 Å². The zero-order valence-electron chi connectivity index (χ0n) is 26.6. The van der Waals surface area contributed by atoms with E-state index < -0.39 is 0 Å². The molecule has 0 saturated carbocycles. The summed E-state index contributed by atoms with van der Waals surface area (Å²) in [5, 5.41) is 4.51. The van der Waals surface area contributed by atoms with Crippen molar-refractivity contribution in [1.29, 1.82) is 0 Å². The zero-order valence-corrected chi connectivity index (χ0v) is 26.6. The number of unbranched alkanes of at least 4 members (excludes halogenated alkanes) is 1. The quantitative estimate of drug-likeness (QED) is 0.178. The van der Waals surface area contributed by atoms with Crippen molar-refractivity contribution < 1.29 is 4.42 Å². The minimum atomic E-state index is 0.590. The Hall–Kier alpha value is -6.07. The van der Waals surface area contributed by atoms with E-state index in [-0.39, 0.29) is 0 Å². The van der Waals surface area contributed by atoms with Crippen molar-refractivity contribution in [3.63, 3.8) is 0 Å². The van der Waals surface area contributed by atoms with Crippen LogP contribution in [-0.2, 0) is 6.42 Å². The Balaban J connectivity index is 1.24. The molecule has 0 fully saturated rings. The highest BCUT2D eigenvalue weighted by Crippen LogP contribution is 2.39. The number of aryl methyl sites for hydroxylation is 1. The molecule has 0 aliphatic heterocycles. The summed E-state index contributed by atoms with van der Waals surface area (Å²) >= 11 is 0. The molecule has 0 atom stereocenters. The predicted molar refractivity (Wildman–Crippen MR) is 196 cm³/mol. The van der Waals surface area contributed by atoms with Gasteiger partial charge in [0.2, 0.25) is 5.95 Å². The minimum absolute atomic E-state index is 0.590. The van der Waals surface area contributed by atoms with Crippen molar-refractivity contribution >= 4 is 43.7 Å². The maximum atomic E-state index is 6.42. The van der Waals surface area contributed by atoms with Crippen LogP contribution >= 0.6 is 0 Å². The van der Waals surface area contributed by atoms with Gasteiger partial charge in [0.15, 0.2) is 11.6 Å². The topological polar surface area (TPSA) is 56.7 Å². The molecular formula is C43H32N4O. The molecule has 0 bridgehead atoms. The van der Waals surface area contributed by atoms with Crippen LogP contribution in [0.25, 0.3) is 83.6 Å². The molecule has 9 rings (SSSR count). The summed E-state index contributed by atoms with van der Waals surface area (Å²) in [6.07, 6.45) is 3.42. The highest BCUT2D eigenvalue weighted by Gasteiger charge is 2.19. The maximum Gasteiger partial charge on any atom is 0.238 e. The van der Waals surface area contributed by atoms with Crippen molar-refractivity contribution in [2.24, 2.45) is 0 Å². The third-order valence-corrected chi connectivity index (χ3v) is 9.27. The van der Waals surface area contributed by atoms with E-state index in [1.54, 1.807) is 0 Å². The maximum absolute atomic E-state index is 6.42. The van der Waals surface area contributed by atoms with Gasteiger partial charge in [-0.05, 0) is 48.2 Å². The van der Waals surface area contributed by atoms with Gasteiger partial charge in [-0.15, -0.1) is 0 Å². The lowest BCUT2D eigenvalue weighted by molar-refractivity contribution is 0.670. The molecule has 0 spiro atoms. The van der Waals surface area contributed by atoms with Crippen LogP contribution in [0.5, 0.6) is 0 Å². The number of para-hydroxylation sites is 3. The Morgan fingerprint density at radius 2 is 1.21 bits per heavy atom. The van der Waals surface area contributed by atoms with Gasteiger partial charge in [-0.1, -0.05) is 129 Å². The average molecular weight is 621 g/mol. The van der Waals surface area contributed by atoms with Gasteiger partial charge in [0.25, 0.3) is 0 Å². The third kappa shape index (κ3) is 4.75. The minimum Gasteiger partial charge on any atom is -0.455 e. The number of furan rings is 1. The van der Waals surface area contributed by atoms with Crippen LogP contribution in [0.4, 0.5) is 0 Å². The largest absolute Gasteiger partial charge is 0.455 e. The molecule has 3 heterocycles. The molecule has 5 heteroatoms. The summed E-state index contributed by atoms with van der Waals surface area (Å²) < 4.78 is 8.59. The number of hydrogen-bond acceptors (Lipinski definition) is 4. The molecule has 0 aliphatic carbocycles. The number of benzene rings is 6. The molecule has 6 aromatic carbocycles. The summed E-state index contributed by atoms with van der Waals surface area (Å²) in [4.78, 5) is 15.2. The van der Waals surface area contributed by atoms with Gasteiger partial charge in [-0.3, -0.25) is 4.57 Å². The number of hydrogen-bond donors (Lipinski definition) is 0. The first-order valence-electron chi connectivity index (χ1n) is 16.6. The van der Waals surface area contributed by atoms with Crippen LogP contribution in [-0.4, -0.2) is 19.5 Å². The number of nitrogens with zero attached hydrogens (tertiary/aromatic N) is 4. The van der Waals surface area contributed by atoms with Gasteiger partial charge in [0, 0.05) is 38.2 Å². The van der Waals surface area contributed by atoms with E-state index >= 15 is 0 Å². The van der Waals surface area contributed by atoms with Crippen LogP contribution in [0, 0.1) is 0 Å². The van der Waals surface area contributed by atoms with Crippen LogP contribution < -0.4 is 0 Å². The SMILES string of the molecule is CCCCc1ccc(-c2nc(-c3ccccc3)nc(-n3c4ccccc4c4cc(-c5cccc6c5oc5ccccc56)ccc43)n2)cc1. The Morgan fingerprint density at radius 3 is 2.02 bits per heavy atom. The summed E-state index contributed by atoms with van der Waals surface area (Å²) in [6.45, 7) is 2.22. The fourth-order valence-corrected chi connectivity index (χ4v) is 6.84. The Labute approximate surface area is 278 Å². The molecule has 0 aliphatic rings. The molecule has 0 amide bonds. The van der Waals surface area contributed by atoms with Gasteiger partial charge in [-0.25, -0.2) is 4.98 Å². The second-order valence-electron chi connectivity index (χ2n) is 12.3.